The van der Waals surface area contributed by atoms with Crippen molar-refractivity contribution >= 4 is 38.4 Å². The van der Waals surface area contributed by atoms with Crippen LogP contribution in [0.2, 0.25) is 5.04 Å². The minimum atomic E-state index is -3.53. The summed E-state index contributed by atoms with van der Waals surface area (Å²) < 4.78 is 34.0. The lowest BCUT2D eigenvalue weighted by atomic mass is 10.2. The van der Waals surface area contributed by atoms with Crippen LogP contribution in [0.4, 0.5) is 0 Å². The second kappa shape index (κ2) is 9.34. The van der Waals surface area contributed by atoms with Crippen molar-refractivity contribution in [2.75, 3.05) is 25.6 Å². The molecule has 0 aliphatic rings. The third-order valence-corrected chi connectivity index (χ3v) is 10.6. The summed E-state index contributed by atoms with van der Waals surface area (Å²) in [6, 6.07) is 20.7. The molecule has 2 aromatic rings. The molecule has 0 bridgehead atoms. The van der Waals surface area contributed by atoms with Crippen LogP contribution in [-0.4, -0.2) is 42.3 Å². The predicted molar refractivity (Wildman–Crippen MR) is 114 cm³/mol. The SMILES string of the molecule is CC(C)(C)[Si](OCCOCCS(=O)(=O)Cl)(c1ccccc1)c1ccccc1. The van der Waals surface area contributed by atoms with Gasteiger partial charge in [0.1, 0.15) is 0 Å². The third kappa shape index (κ3) is 5.89. The molecule has 27 heavy (non-hydrogen) atoms. The minimum absolute atomic E-state index is 0.0654. The number of ether oxygens (including phenoxy) is 1. The van der Waals surface area contributed by atoms with Gasteiger partial charge in [0.2, 0.25) is 9.05 Å². The van der Waals surface area contributed by atoms with E-state index in [1.165, 1.54) is 10.4 Å². The van der Waals surface area contributed by atoms with Crippen molar-refractivity contribution in [2.24, 2.45) is 0 Å². The monoisotopic (exact) mass is 426 g/mol. The Bertz CT molecular complexity index is 765. The first-order valence-electron chi connectivity index (χ1n) is 8.92. The number of halogens is 1. The summed E-state index contributed by atoms with van der Waals surface area (Å²) in [4.78, 5) is 0. The van der Waals surface area contributed by atoms with Gasteiger partial charge in [-0.3, -0.25) is 0 Å². The molecule has 4 nitrogen and oxygen atoms in total. The Hall–Kier alpha value is -1.18. The predicted octanol–water partition coefficient (Wildman–Crippen LogP) is 3.15. The fourth-order valence-electron chi connectivity index (χ4n) is 3.28. The Morgan fingerprint density at radius 1 is 0.852 bits per heavy atom. The molecule has 0 amide bonds. The van der Waals surface area contributed by atoms with Crippen LogP contribution in [0.3, 0.4) is 0 Å². The van der Waals surface area contributed by atoms with Crippen LogP contribution in [-0.2, 0) is 18.2 Å². The van der Waals surface area contributed by atoms with E-state index in [2.05, 4.69) is 45.0 Å². The first kappa shape index (κ1) is 22.1. The van der Waals surface area contributed by atoms with Crippen molar-refractivity contribution in [1.82, 2.24) is 0 Å². The molecule has 0 aromatic heterocycles. The van der Waals surface area contributed by atoms with Crippen LogP contribution in [0.1, 0.15) is 20.8 Å². The normalized spacial score (nSPS) is 12.9. The van der Waals surface area contributed by atoms with Gasteiger partial charge >= 0.3 is 0 Å². The molecular weight excluding hydrogens is 400 g/mol. The zero-order valence-electron chi connectivity index (χ0n) is 16.0. The topological polar surface area (TPSA) is 52.6 Å². The Labute approximate surface area is 168 Å². The Balaban J connectivity index is 2.25. The number of rotatable bonds is 9. The van der Waals surface area contributed by atoms with Crippen molar-refractivity contribution < 1.29 is 17.6 Å². The van der Waals surface area contributed by atoms with E-state index >= 15 is 0 Å². The summed E-state index contributed by atoms with van der Waals surface area (Å²) in [5.74, 6) is -0.201. The summed E-state index contributed by atoms with van der Waals surface area (Å²) in [6.07, 6.45) is 0. The lowest BCUT2D eigenvalue weighted by Gasteiger charge is -2.43. The summed E-state index contributed by atoms with van der Waals surface area (Å²) in [5, 5.41) is 2.30. The molecule has 0 radical (unpaired) electrons. The van der Waals surface area contributed by atoms with Gasteiger partial charge in [-0.15, -0.1) is 0 Å². The molecule has 0 aliphatic carbocycles. The molecule has 0 atom stereocenters. The molecule has 7 heteroatoms. The smallest absolute Gasteiger partial charge is 0.261 e. The van der Waals surface area contributed by atoms with Gasteiger partial charge in [-0.25, -0.2) is 8.42 Å². The highest BCUT2D eigenvalue weighted by Gasteiger charge is 2.49. The summed E-state index contributed by atoms with van der Waals surface area (Å²) in [7, 11) is -0.898. The van der Waals surface area contributed by atoms with Gasteiger partial charge in [0.05, 0.1) is 25.6 Å². The average Bonchev–Trinajstić information content (AvgIpc) is 2.61. The fourth-order valence-corrected chi connectivity index (χ4v) is 8.33. The average molecular weight is 427 g/mol. The standard InChI is InChI=1S/C20H27ClO4SSi/c1-20(2,3)27(18-10-6-4-7-11-18,19-12-8-5-9-13-19)25-15-14-24-16-17-26(21,22)23/h4-13H,14-17H2,1-3H3. The lowest BCUT2D eigenvalue weighted by molar-refractivity contribution is 0.108. The van der Waals surface area contributed by atoms with Crippen LogP contribution in [0.15, 0.2) is 60.7 Å². The maximum Gasteiger partial charge on any atom is 0.261 e. The molecule has 0 saturated carbocycles. The van der Waals surface area contributed by atoms with Crippen LogP contribution < -0.4 is 10.4 Å². The maximum atomic E-state index is 11.0. The molecule has 0 N–H and O–H groups in total. The quantitative estimate of drug-likeness (QED) is 0.351. The zero-order chi connectivity index (χ0) is 20.0. The van der Waals surface area contributed by atoms with Crippen LogP contribution in [0.25, 0.3) is 0 Å². The Morgan fingerprint density at radius 3 is 1.74 bits per heavy atom. The van der Waals surface area contributed by atoms with Crippen LogP contribution in [0.5, 0.6) is 0 Å². The van der Waals surface area contributed by atoms with E-state index in [4.69, 9.17) is 19.8 Å². The molecule has 0 fully saturated rings. The van der Waals surface area contributed by atoms with Gasteiger partial charge in [0, 0.05) is 10.7 Å². The van der Waals surface area contributed by atoms with E-state index in [0.29, 0.717) is 13.2 Å². The van der Waals surface area contributed by atoms with Crippen LogP contribution >= 0.6 is 10.7 Å². The molecule has 2 rings (SSSR count). The highest BCUT2D eigenvalue weighted by Crippen LogP contribution is 2.36. The van der Waals surface area contributed by atoms with Gasteiger partial charge in [-0.1, -0.05) is 81.4 Å². The zero-order valence-corrected chi connectivity index (χ0v) is 18.6. The minimum Gasteiger partial charge on any atom is -0.405 e. The number of benzene rings is 2. The highest BCUT2D eigenvalue weighted by molar-refractivity contribution is 8.13. The first-order chi connectivity index (χ1) is 12.7. The summed E-state index contributed by atoms with van der Waals surface area (Å²) in [5.41, 5.74) is 0. The van der Waals surface area contributed by atoms with Crippen molar-refractivity contribution in [3.63, 3.8) is 0 Å². The Morgan fingerprint density at radius 2 is 1.33 bits per heavy atom. The molecule has 0 aliphatic heterocycles. The van der Waals surface area contributed by atoms with E-state index in [1.54, 1.807) is 0 Å². The lowest BCUT2D eigenvalue weighted by Crippen LogP contribution is -2.66. The van der Waals surface area contributed by atoms with Crippen molar-refractivity contribution in [2.45, 2.75) is 25.8 Å². The fraction of sp³-hybridized carbons (Fsp3) is 0.400. The van der Waals surface area contributed by atoms with Gasteiger partial charge in [0.25, 0.3) is 8.32 Å². The van der Waals surface area contributed by atoms with E-state index in [-0.39, 0.29) is 17.4 Å². The number of hydrogen-bond acceptors (Lipinski definition) is 4. The second-order valence-electron chi connectivity index (χ2n) is 7.37. The third-order valence-electron chi connectivity index (χ3n) is 4.43. The van der Waals surface area contributed by atoms with Crippen molar-refractivity contribution in [1.29, 1.82) is 0 Å². The number of hydrogen-bond donors (Lipinski definition) is 0. The molecule has 2 aromatic carbocycles. The van der Waals surface area contributed by atoms with E-state index in [1.807, 2.05) is 36.4 Å². The van der Waals surface area contributed by atoms with Crippen molar-refractivity contribution in [3.8, 4) is 0 Å². The molecule has 0 unspecified atom stereocenters. The van der Waals surface area contributed by atoms with Gasteiger partial charge in [-0.2, -0.15) is 0 Å². The van der Waals surface area contributed by atoms with Gasteiger partial charge in [-0.05, 0) is 15.4 Å². The second-order valence-corrected chi connectivity index (χ2v) is 14.6. The van der Waals surface area contributed by atoms with E-state index < -0.39 is 17.4 Å². The summed E-state index contributed by atoms with van der Waals surface area (Å²) in [6.45, 7) is 7.39. The molecule has 0 saturated heterocycles. The molecule has 0 heterocycles. The Kier molecular flexibility index (Phi) is 7.65. The van der Waals surface area contributed by atoms with E-state index in [9.17, 15) is 8.42 Å². The molecule has 0 spiro atoms. The highest BCUT2D eigenvalue weighted by atomic mass is 35.7. The largest absolute Gasteiger partial charge is 0.405 e. The first-order valence-corrected chi connectivity index (χ1v) is 13.3. The molecular formula is C20H27ClO4SSi. The summed E-state index contributed by atoms with van der Waals surface area (Å²) >= 11 is 0. The van der Waals surface area contributed by atoms with Gasteiger partial charge < -0.3 is 9.16 Å². The van der Waals surface area contributed by atoms with Crippen molar-refractivity contribution in [3.05, 3.63) is 60.7 Å². The molecule has 148 valence electrons. The van der Waals surface area contributed by atoms with E-state index in [0.717, 1.165) is 0 Å². The van der Waals surface area contributed by atoms with Gasteiger partial charge in [0.15, 0.2) is 0 Å². The maximum absolute atomic E-state index is 11.0. The van der Waals surface area contributed by atoms with Crippen LogP contribution in [0, 0.1) is 0 Å².